The zero-order chi connectivity index (χ0) is 22.4. The van der Waals surface area contributed by atoms with E-state index in [1.165, 1.54) is 0 Å². The molecule has 1 saturated heterocycles. The molecule has 1 amide bonds. The van der Waals surface area contributed by atoms with E-state index in [-0.39, 0.29) is 23.7 Å². The van der Waals surface area contributed by atoms with Gasteiger partial charge in [0.25, 0.3) is 5.56 Å². The van der Waals surface area contributed by atoms with Gasteiger partial charge in [-0.2, -0.15) is 5.10 Å². The quantitative estimate of drug-likeness (QED) is 0.754. The van der Waals surface area contributed by atoms with Crippen LogP contribution >= 0.6 is 0 Å². The number of aliphatic hydroxyl groups is 1. The maximum absolute atomic E-state index is 12.7. The van der Waals surface area contributed by atoms with E-state index in [1.54, 1.807) is 35.6 Å². The molecule has 166 valence electrons. The smallest absolute Gasteiger partial charge is 0.410 e. The molecule has 31 heavy (non-hydrogen) atoms. The Morgan fingerprint density at radius 2 is 1.87 bits per heavy atom. The molecular formula is C24H31N3O4. The summed E-state index contributed by atoms with van der Waals surface area (Å²) in [7, 11) is 0. The minimum absolute atomic E-state index is 0.0586. The molecule has 0 radical (unpaired) electrons. The van der Waals surface area contributed by atoms with Crippen LogP contribution in [-0.2, 0) is 4.74 Å². The predicted molar refractivity (Wildman–Crippen MR) is 118 cm³/mol. The lowest BCUT2D eigenvalue weighted by Crippen LogP contribution is -2.51. The Balaban J connectivity index is 1.47. The first-order chi connectivity index (χ1) is 14.5. The largest absolute Gasteiger partial charge is 0.443 e. The maximum Gasteiger partial charge on any atom is 0.410 e. The molecule has 4 rings (SSSR count). The summed E-state index contributed by atoms with van der Waals surface area (Å²) in [4.78, 5) is 26.4. The lowest BCUT2D eigenvalue weighted by atomic mass is 9.87. The van der Waals surface area contributed by atoms with Gasteiger partial charge in [-0.05, 0) is 52.2 Å². The van der Waals surface area contributed by atoms with Crippen LogP contribution in [0.1, 0.15) is 71.0 Å². The topological polar surface area (TPSA) is 84.7 Å². The molecule has 1 N–H and O–H groups in total. The molecule has 0 unspecified atom stereocenters. The van der Waals surface area contributed by atoms with Gasteiger partial charge in [-0.3, -0.25) is 4.79 Å². The fourth-order valence-corrected chi connectivity index (χ4v) is 4.43. The molecule has 2 heterocycles. The number of ether oxygens (including phenoxy) is 1. The van der Waals surface area contributed by atoms with Crippen molar-refractivity contribution in [2.24, 2.45) is 0 Å². The second-order valence-corrected chi connectivity index (χ2v) is 9.78. The van der Waals surface area contributed by atoms with Gasteiger partial charge in [-0.25, -0.2) is 9.48 Å². The van der Waals surface area contributed by atoms with Crippen LogP contribution < -0.4 is 5.56 Å². The van der Waals surface area contributed by atoms with Crippen LogP contribution in [0.25, 0.3) is 11.3 Å². The summed E-state index contributed by atoms with van der Waals surface area (Å²) in [5.41, 5.74) is 1.09. The zero-order valence-corrected chi connectivity index (χ0v) is 18.7. The van der Waals surface area contributed by atoms with Crippen molar-refractivity contribution in [3.05, 3.63) is 52.3 Å². The van der Waals surface area contributed by atoms with Crippen LogP contribution in [0.3, 0.4) is 0 Å². The first-order valence-electron chi connectivity index (χ1n) is 11.0. The molecule has 2 aliphatic rings. The van der Waals surface area contributed by atoms with E-state index in [0.29, 0.717) is 19.4 Å². The fraction of sp³-hybridized carbons (Fsp3) is 0.542. The van der Waals surface area contributed by atoms with Crippen LogP contribution in [-0.4, -0.2) is 43.6 Å². The Bertz CT molecular complexity index is 1020. The minimum Gasteiger partial charge on any atom is -0.443 e. The van der Waals surface area contributed by atoms with E-state index in [2.05, 4.69) is 5.10 Å². The van der Waals surface area contributed by atoms with Crippen LogP contribution in [0.5, 0.6) is 0 Å². The number of aromatic nitrogens is 2. The molecule has 1 aromatic carbocycles. The summed E-state index contributed by atoms with van der Waals surface area (Å²) in [5.74, 6) is 0. The number of carbonyl (C=O) groups excluding carboxylic acids is 1. The van der Waals surface area contributed by atoms with Gasteiger partial charge < -0.3 is 14.7 Å². The second kappa shape index (κ2) is 7.79. The highest BCUT2D eigenvalue weighted by atomic mass is 16.6. The number of carbonyl (C=O) groups is 1. The van der Waals surface area contributed by atoms with Crippen molar-refractivity contribution in [1.82, 2.24) is 14.7 Å². The van der Waals surface area contributed by atoms with Crippen molar-refractivity contribution in [2.75, 3.05) is 6.54 Å². The molecule has 7 heteroatoms. The minimum atomic E-state index is -0.894. The van der Waals surface area contributed by atoms with Crippen molar-refractivity contribution in [1.29, 1.82) is 0 Å². The van der Waals surface area contributed by atoms with Crippen molar-refractivity contribution >= 4 is 6.09 Å². The molecule has 7 nitrogen and oxygen atoms in total. The Kier molecular flexibility index (Phi) is 5.41. The highest BCUT2D eigenvalue weighted by Crippen LogP contribution is 2.35. The number of rotatable bonds is 6. The zero-order valence-electron chi connectivity index (χ0n) is 18.7. The average molecular weight is 426 g/mol. The van der Waals surface area contributed by atoms with Gasteiger partial charge in [0.2, 0.25) is 0 Å². The van der Waals surface area contributed by atoms with Crippen molar-refractivity contribution < 1.29 is 14.6 Å². The van der Waals surface area contributed by atoms with Gasteiger partial charge in [0.1, 0.15) is 5.60 Å². The van der Waals surface area contributed by atoms with Gasteiger partial charge in [-0.15, -0.1) is 0 Å². The van der Waals surface area contributed by atoms with Crippen LogP contribution in [0.2, 0.25) is 0 Å². The number of nitrogens with zero attached hydrogens (tertiary/aromatic N) is 3. The molecule has 0 spiro atoms. The highest BCUT2D eigenvalue weighted by molar-refractivity contribution is 5.70. The van der Waals surface area contributed by atoms with Crippen LogP contribution in [0.4, 0.5) is 4.79 Å². The Hall–Kier alpha value is -2.67. The van der Waals surface area contributed by atoms with E-state index >= 15 is 0 Å². The number of cyclic esters (lactones) is 1. The van der Waals surface area contributed by atoms with Crippen molar-refractivity contribution in [3.63, 3.8) is 0 Å². The molecule has 2 fully saturated rings. The third-order valence-corrected chi connectivity index (χ3v) is 6.13. The van der Waals surface area contributed by atoms with Gasteiger partial charge in [0, 0.05) is 31.0 Å². The number of hydrogen-bond donors (Lipinski definition) is 1. The summed E-state index contributed by atoms with van der Waals surface area (Å²) >= 11 is 0. The first-order valence-corrected chi connectivity index (χ1v) is 11.0. The number of amides is 1. The molecular weight excluding hydrogens is 394 g/mol. The molecule has 1 saturated carbocycles. The lowest BCUT2D eigenvalue weighted by molar-refractivity contribution is -0.0859. The summed E-state index contributed by atoms with van der Waals surface area (Å²) < 4.78 is 7.32. The SMILES string of the molecule is C[C@@H](c1ccc(-c2ccc(=O)n(C3CC3)n2)cc1)N1CC[C@@](C)(CC(C)(C)O)OC1=O. The van der Waals surface area contributed by atoms with E-state index in [4.69, 9.17) is 4.74 Å². The lowest BCUT2D eigenvalue weighted by Gasteiger charge is -2.43. The highest BCUT2D eigenvalue weighted by Gasteiger charge is 2.41. The molecule has 2 atom stereocenters. The normalized spacial score (nSPS) is 22.9. The summed E-state index contributed by atoms with van der Waals surface area (Å²) in [5, 5.41) is 14.7. The van der Waals surface area contributed by atoms with Gasteiger partial charge in [0.15, 0.2) is 0 Å². The Morgan fingerprint density at radius 1 is 1.19 bits per heavy atom. The average Bonchev–Trinajstić information content (AvgIpc) is 3.51. The van der Waals surface area contributed by atoms with Gasteiger partial charge in [-0.1, -0.05) is 24.3 Å². The monoisotopic (exact) mass is 425 g/mol. The van der Waals surface area contributed by atoms with E-state index in [1.807, 2.05) is 38.1 Å². The first kappa shape index (κ1) is 21.6. The molecule has 0 bridgehead atoms. The van der Waals surface area contributed by atoms with E-state index in [9.17, 15) is 14.7 Å². The molecule has 1 aromatic heterocycles. The van der Waals surface area contributed by atoms with Gasteiger partial charge in [0.05, 0.1) is 23.4 Å². The number of hydrogen-bond acceptors (Lipinski definition) is 5. The third-order valence-electron chi connectivity index (χ3n) is 6.13. The molecule has 2 aromatic rings. The van der Waals surface area contributed by atoms with Crippen LogP contribution in [0.15, 0.2) is 41.2 Å². The Labute approximate surface area is 182 Å². The predicted octanol–water partition coefficient (Wildman–Crippen LogP) is 4.07. The second-order valence-electron chi connectivity index (χ2n) is 9.78. The van der Waals surface area contributed by atoms with Crippen molar-refractivity contribution in [2.45, 2.75) is 76.7 Å². The fourth-order valence-electron chi connectivity index (χ4n) is 4.43. The van der Waals surface area contributed by atoms with Gasteiger partial charge >= 0.3 is 6.09 Å². The summed E-state index contributed by atoms with van der Waals surface area (Å²) in [6, 6.07) is 11.4. The molecule has 1 aliphatic heterocycles. The van der Waals surface area contributed by atoms with E-state index in [0.717, 1.165) is 29.7 Å². The Morgan fingerprint density at radius 3 is 2.45 bits per heavy atom. The maximum atomic E-state index is 12.7. The van der Waals surface area contributed by atoms with Crippen LogP contribution in [0, 0.1) is 0 Å². The van der Waals surface area contributed by atoms with E-state index < -0.39 is 11.2 Å². The number of benzene rings is 1. The summed E-state index contributed by atoms with van der Waals surface area (Å²) in [6.07, 6.45) is 2.73. The standard InChI is InChI=1S/C24H31N3O4/c1-16(26-14-13-24(4,31-22(26)29)15-23(2,3)30)17-5-7-18(8-6-17)20-11-12-21(28)27(25-20)19-9-10-19/h5-8,11-12,16,19,30H,9-10,13-15H2,1-4H3/t16-,24-/m0/s1. The van der Waals surface area contributed by atoms with Crippen molar-refractivity contribution in [3.8, 4) is 11.3 Å². The summed E-state index contributed by atoms with van der Waals surface area (Å²) in [6.45, 7) is 7.90. The molecule has 1 aliphatic carbocycles. The third kappa shape index (κ3) is 4.82.